The standard InChI is InChI=1S/C10H16N2O8.Ca.2H2O/c1-7(13)17-11(18-8(2)14)5-6-12(19-9(3)15)20-10(4)16;;;/h5-6H2,1-4H3;;2*1H2. The first-order chi connectivity index (χ1) is 9.20. The van der Waals surface area contributed by atoms with Crippen LogP contribution in [0.25, 0.3) is 0 Å². The summed E-state index contributed by atoms with van der Waals surface area (Å²) in [6.07, 6.45) is 0. The number of carbonyl (C=O) groups is 4. The molecule has 4 N–H and O–H groups in total. The van der Waals surface area contributed by atoms with E-state index in [4.69, 9.17) is 0 Å². The number of carbonyl (C=O) groups excluding carboxylic acids is 4. The molecule has 23 heavy (non-hydrogen) atoms. The Balaban J connectivity index is -0.000000602. The zero-order chi connectivity index (χ0) is 15.7. The van der Waals surface area contributed by atoms with E-state index in [0.29, 0.717) is 10.5 Å². The monoisotopic (exact) mass is 368 g/mol. The predicted octanol–water partition coefficient (Wildman–Crippen LogP) is -2.53. The van der Waals surface area contributed by atoms with E-state index in [-0.39, 0.29) is 61.8 Å². The number of hydroxylamine groups is 4. The zero-order valence-electron chi connectivity index (χ0n) is 13.3. The maximum atomic E-state index is 10.8. The molecule has 2 radical (unpaired) electrons. The van der Waals surface area contributed by atoms with Gasteiger partial charge in [0.25, 0.3) is 0 Å². The summed E-state index contributed by atoms with van der Waals surface area (Å²) < 4.78 is 0. The summed E-state index contributed by atoms with van der Waals surface area (Å²) in [5.74, 6) is -2.90. The summed E-state index contributed by atoms with van der Waals surface area (Å²) in [6, 6.07) is 0. The van der Waals surface area contributed by atoms with E-state index in [1.807, 2.05) is 0 Å². The molecule has 0 saturated carbocycles. The maximum absolute atomic E-state index is 10.8. The van der Waals surface area contributed by atoms with E-state index < -0.39 is 23.9 Å². The third-order valence-electron chi connectivity index (χ3n) is 1.39. The van der Waals surface area contributed by atoms with Crippen molar-refractivity contribution in [1.29, 1.82) is 0 Å². The van der Waals surface area contributed by atoms with Crippen molar-refractivity contribution >= 4 is 61.6 Å². The summed E-state index contributed by atoms with van der Waals surface area (Å²) in [7, 11) is 0. The zero-order valence-corrected chi connectivity index (χ0v) is 15.5. The summed E-state index contributed by atoms with van der Waals surface area (Å²) in [5.41, 5.74) is 0. The molecule has 0 amide bonds. The third-order valence-corrected chi connectivity index (χ3v) is 1.39. The van der Waals surface area contributed by atoms with Gasteiger partial charge in [-0.25, -0.2) is 0 Å². The van der Waals surface area contributed by atoms with Crippen LogP contribution in [0.3, 0.4) is 0 Å². The van der Waals surface area contributed by atoms with Crippen molar-refractivity contribution in [3.63, 3.8) is 0 Å². The Morgan fingerprint density at radius 2 is 0.783 bits per heavy atom. The second-order valence-corrected chi connectivity index (χ2v) is 3.44. The summed E-state index contributed by atoms with van der Waals surface area (Å²) in [6.45, 7) is 3.97. The molecule has 132 valence electrons. The number of hydrogen-bond donors (Lipinski definition) is 0. The van der Waals surface area contributed by atoms with Crippen LogP contribution in [0.1, 0.15) is 27.7 Å². The van der Waals surface area contributed by atoms with Gasteiger partial charge in [0, 0.05) is 75.9 Å². The average Bonchev–Trinajstić information content (AvgIpc) is 2.22. The topological polar surface area (TPSA) is 175 Å². The van der Waals surface area contributed by atoms with Crippen LogP contribution in [0.15, 0.2) is 0 Å². The van der Waals surface area contributed by atoms with Gasteiger partial charge in [-0.05, 0) is 0 Å². The minimum atomic E-state index is -0.724. The van der Waals surface area contributed by atoms with Crippen molar-refractivity contribution in [2.45, 2.75) is 27.7 Å². The Morgan fingerprint density at radius 3 is 0.913 bits per heavy atom. The van der Waals surface area contributed by atoms with Gasteiger partial charge in [-0.2, -0.15) is 0 Å². The van der Waals surface area contributed by atoms with Crippen molar-refractivity contribution in [2.75, 3.05) is 13.1 Å². The molecule has 0 aromatic carbocycles. The first kappa shape index (κ1) is 29.9. The van der Waals surface area contributed by atoms with Gasteiger partial charge in [0.15, 0.2) is 0 Å². The van der Waals surface area contributed by atoms with Crippen LogP contribution in [0.4, 0.5) is 0 Å². The van der Waals surface area contributed by atoms with E-state index >= 15 is 0 Å². The first-order valence-corrected chi connectivity index (χ1v) is 5.50. The fourth-order valence-electron chi connectivity index (χ4n) is 0.957. The van der Waals surface area contributed by atoms with E-state index in [0.717, 1.165) is 27.7 Å². The molecule has 0 saturated heterocycles. The second kappa shape index (κ2) is 15.9. The van der Waals surface area contributed by atoms with Crippen LogP contribution in [0.2, 0.25) is 0 Å². The molecule has 0 unspecified atom stereocenters. The molecule has 0 bridgehead atoms. The number of hydrogen-bond acceptors (Lipinski definition) is 10. The molecular weight excluding hydrogens is 348 g/mol. The predicted molar refractivity (Wildman–Crippen MR) is 73.5 cm³/mol. The Kier molecular flexibility index (Phi) is 20.6. The average molecular weight is 368 g/mol. The van der Waals surface area contributed by atoms with Gasteiger partial charge in [-0.15, -0.1) is 0 Å². The molecule has 0 rings (SSSR count). The normalized spacial score (nSPS) is 8.78. The molecular formula is C10H20CaN2O10. The quantitative estimate of drug-likeness (QED) is 0.344. The van der Waals surface area contributed by atoms with E-state index in [1.165, 1.54) is 0 Å². The van der Waals surface area contributed by atoms with Crippen LogP contribution in [0.5, 0.6) is 0 Å². The maximum Gasteiger partial charge on any atom is 0.326 e. The Bertz CT molecular complexity index is 324. The Morgan fingerprint density at radius 1 is 0.609 bits per heavy atom. The summed E-state index contributed by atoms with van der Waals surface area (Å²) >= 11 is 0. The summed E-state index contributed by atoms with van der Waals surface area (Å²) in [4.78, 5) is 61.4. The molecule has 0 fully saturated rings. The van der Waals surface area contributed by atoms with E-state index in [9.17, 15) is 19.2 Å². The minimum absolute atomic E-state index is 0. The first-order valence-electron chi connectivity index (χ1n) is 5.50. The Labute approximate surface area is 162 Å². The molecule has 12 nitrogen and oxygen atoms in total. The van der Waals surface area contributed by atoms with Crippen LogP contribution in [0, 0.1) is 0 Å². The molecule has 0 heterocycles. The van der Waals surface area contributed by atoms with Gasteiger partial charge in [0.1, 0.15) is 0 Å². The summed E-state index contributed by atoms with van der Waals surface area (Å²) in [5, 5.41) is 1.15. The van der Waals surface area contributed by atoms with Gasteiger partial charge < -0.3 is 30.3 Å². The smallest absolute Gasteiger partial charge is 0.326 e. The molecule has 0 spiro atoms. The van der Waals surface area contributed by atoms with E-state index in [2.05, 4.69) is 19.4 Å². The molecule has 0 atom stereocenters. The third kappa shape index (κ3) is 18.9. The van der Waals surface area contributed by atoms with Gasteiger partial charge in [0.2, 0.25) is 0 Å². The fraction of sp³-hybridized carbons (Fsp3) is 0.600. The van der Waals surface area contributed by atoms with Crippen molar-refractivity contribution in [2.24, 2.45) is 0 Å². The van der Waals surface area contributed by atoms with Crippen molar-refractivity contribution in [3.05, 3.63) is 0 Å². The second-order valence-electron chi connectivity index (χ2n) is 3.44. The number of rotatable bonds is 7. The van der Waals surface area contributed by atoms with Gasteiger partial charge in [-0.3, -0.25) is 19.2 Å². The molecule has 0 aliphatic carbocycles. The van der Waals surface area contributed by atoms with Gasteiger partial charge in [-0.1, -0.05) is 0 Å². The van der Waals surface area contributed by atoms with Crippen LogP contribution >= 0.6 is 0 Å². The van der Waals surface area contributed by atoms with E-state index in [1.54, 1.807) is 0 Å². The minimum Gasteiger partial charge on any atom is -0.412 e. The molecule has 0 aliphatic heterocycles. The van der Waals surface area contributed by atoms with Gasteiger partial charge >= 0.3 is 23.9 Å². The SMILES string of the molecule is CC(=O)ON(CCN(OC(C)=O)OC(C)=O)OC(C)=O.O.O.[Ca]. The largest absolute Gasteiger partial charge is 0.412 e. The van der Waals surface area contributed by atoms with Crippen molar-refractivity contribution in [3.8, 4) is 0 Å². The molecule has 13 heteroatoms. The van der Waals surface area contributed by atoms with Crippen molar-refractivity contribution < 1.29 is 49.5 Å². The van der Waals surface area contributed by atoms with Crippen LogP contribution in [-0.4, -0.2) is 96.1 Å². The number of nitrogens with zero attached hydrogens (tertiary/aromatic N) is 2. The molecule has 0 aromatic rings. The fourth-order valence-corrected chi connectivity index (χ4v) is 0.957. The molecule has 0 aliphatic rings. The van der Waals surface area contributed by atoms with Crippen molar-refractivity contribution in [1.82, 2.24) is 10.5 Å². The molecule has 0 aromatic heterocycles. The van der Waals surface area contributed by atoms with Crippen LogP contribution < -0.4 is 0 Å². The Hall–Kier alpha value is -1.02. The van der Waals surface area contributed by atoms with Gasteiger partial charge in [0.05, 0.1) is 13.1 Å². The van der Waals surface area contributed by atoms with Crippen LogP contribution in [-0.2, 0) is 38.5 Å².